The summed E-state index contributed by atoms with van der Waals surface area (Å²) in [6.45, 7) is 2.22. The van der Waals surface area contributed by atoms with E-state index in [4.69, 9.17) is 39.5 Å². The number of benzene rings is 3. The van der Waals surface area contributed by atoms with Gasteiger partial charge in [-0.05, 0) is 78.4 Å². The van der Waals surface area contributed by atoms with E-state index in [-0.39, 0.29) is 30.0 Å². The number of halogens is 6. The normalized spacial score (nSPS) is 13.5. The molecule has 0 radical (unpaired) electrons. The highest BCUT2D eigenvalue weighted by molar-refractivity contribution is 6.43. The van der Waals surface area contributed by atoms with Crippen LogP contribution in [0.5, 0.6) is 6.01 Å². The van der Waals surface area contributed by atoms with E-state index in [1.165, 1.54) is 30.3 Å². The zero-order valence-corrected chi connectivity index (χ0v) is 29.9. The molecule has 18 heteroatoms. The topological polar surface area (TPSA) is 159 Å². The summed E-state index contributed by atoms with van der Waals surface area (Å²) in [6.07, 6.45) is -3.15. The van der Waals surface area contributed by atoms with Gasteiger partial charge in [0.2, 0.25) is 11.9 Å². The zero-order valence-electron chi connectivity index (χ0n) is 27.6. The summed E-state index contributed by atoms with van der Waals surface area (Å²) in [7, 11) is 0. The minimum absolute atomic E-state index is 0.00373. The molecule has 4 aromatic rings. The van der Waals surface area contributed by atoms with E-state index in [1.54, 1.807) is 38.1 Å². The Balaban J connectivity index is 1.17. The Labute approximate surface area is 311 Å². The molecule has 0 spiro atoms. The molecule has 3 amide bonds. The molecule has 0 aliphatic heterocycles. The Bertz CT molecular complexity index is 1940. The van der Waals surface area contributed by atoms with Gasteiger partial charge in [-0.3, -0.25) is 14.4 Å². The fourth-order valence-electron chi connectivity index (χ4n) is 4.75. The summed E-state index contributed by atoms with van der Waals surface area (Å²) in [5.74, 6) is -2.26. The molecule has 0 unspecified atom stereocenters. The number of nitrogens with one attached hydrogen (secondary N) is 5. The van der Waals surface area contributed by atoms with Crippen LogP contribution in [0.1, 0.15) is 42.6 Å². The van der Waals surface area contributed by atoms with E-state index in [9.17, 15) is 27.6 Å². The number of rotatable bonds is 13. The Hall–Kier alpha value is -4.86. The molecular weight excluding hydrogens is 748 g/mol. The second-order valence-corrected chi connectivity index (χ2v) is 13.9. The molecule has 0 bridgehead atoms. The maximum absolute atomic E-state index is 12.9. The van der Waals surface area contributed by atoms with Crippen molar-refractivity contribution < 1.29 is 32.3 Å². The van der Waals surface area contributed by atoms with Gasteiger partial charge in [0.15, 0.2) is 6.61 Å². The van der Waals surface area contributed by atoms with Crippen molar-refractivity contribution in [1.82, 2.24) is 25.6 Å². The molecule has 52 heavy (non-hydrogen) atoms. The van der Waals surface area contributed by atoms with E-state index < -0.39 is 47.5 Å². The van der Waals surface area contributed by atoms with E-state index in [1.807, 2.05) is 12.1 Å². The van der Waals surface area contributed by atoms with Crippen LogP contribution in [0, 0.1) is 5.41 Å². The summed E-state index contributed by atoms with van der Waals surface area (Å²) in [5, 5.41) is 15.0. The number of ether oxygens (including phenoxy) is 1. The van der Waals surface area contributed by atoms with Gasteiger partial charge in [0, 0.05) is 35.1 Å². The third kappa shape index (κ3) is 10.8. The first-order valence-corrected chi connectivity index (χ1v) is 16.8. The van der Waals surface area contributed by atoms with Crippen LogP contribution in [-0.4, -0.2) is 58.5 Å². The van der Waals surface area contributed by atoms with E-state index in [0.29, 0.717) is 27.0 Å². The fourth-order valence-corrected chi connectivity index (χ4v) is 5.18. The van der Waals surface area contributed by atoms with Gasteiger partial charge in [-0.1, -0.05) is 60.8 Å². The smallest absolute Gasteiger partial charge is 0.422 e. The van der Waals surface area contributed by atoms with Gasteiger partial charge in [0.05, 0.1) is 15.6 Å². The minimum Gasteiger partial charge on any atom is -0.454 e. The third-order valence-electron chi connectivity index (χ3n) is 7.72. The number of alkyl halides is 3. The van der Waals surface area contributed by atoms with Gasteiger partial charge in [-0.2, -0.15) is 28.1 Å². The molecule has 0 atom stereocenters. The number of nitrogens with zero attached hydrogens (tertiary/aromatic N) is 3. The van der Waals surface area contributed by atoms with Crippen molar-refractivity contribution >= 4 is 75.8 Å². The lowest BCUT2D eigenvalue weighted by atomic mass is 9.93. The van der Waals surface area contributed by atoms with Gasteiger partial charge in [-0.25, -0.2) is 0 Å². The SMILES string of the molecule is CC(C)(CNC(=O)C(=O)Nc1ccc(Cl)c(Cl)c1)CNC(=O)c1ccc(Nc2nc(NC3(c4ccc(Cl)cc4)CC3)nc(OCC(F)(F)F)n2)cc1. The number of hydrogen-bond donors (Lipinski definition) is 5. The molecule has 1 fully saturated rings. The van der Waals surface area contributed by atoms with Gasteiger partial charge < -0.3 is 31.3 Å². The lowest BCUT2D eigenvalue weighted by Gasteiger charge is -2.25. The monoisotopic (exact) mass is 778 g/mol. The molecule has 5 rings (SSSR count). The zero-order chi connectivity index (χ0) is 37.7. The van der Waals surface area contributed by atoms with Gasteiger partial charge in [0.1, 0.15) is 0 Å². The molecule has 0 saturated heterocycles. The quantitative estimate of drug-likeness (QED) is 0.0891. The average Bonchev–Trinajstić information content (AvgIpc) is 3.87. The number of aromatic nitrogens is 3. The number of amides is 3. The van der Waals surface area contributed by atoms with Crippen LogP contribution in [-0.2, 0) is 15.1 Å². The molecule has 1 aliphatic rings. The lowest BCUT2D eigenvalue weighted by molar-refractivity contribution is -0.154. The van der Waals surface area contributed by atoms with Crippen LogP contribution in [0.15, 0.2) is 66.7 Å². The number of carbonyl (C=O) groups is 3. The number of anilines is 4. The van der Waals surface area contributed by atoms with Crippen molar-refractivity contribution in [3.63, 3.8) is 0 Å². The molecule has 12 nitrogen and oxygen atoms in total. The molecule has 1 aromatic heterocycles. The molecule has 274 valence electrons. The Morgan fingerprint density at radius 3 is 2.06 bits per heavy atom. The summed E-state index contributed by atoms with van der Waals surface area (Å²) >= 11 is 17.8. The van der Waals surface area contributed by atoms with Crippen LogP contribution in [0.25, 0.3) is 0 Å². The highest BCUT2D eigenvalue weighted by atomic mass is 35.5. The van der Waals surface area contributed by atoms with Crippen LogP contribution in [0.2, 0.25) is 15.1 Å². The first-order valence-electron chi connectivity index (χ1n) is 15.7. The summed E-state index contributed by atoms with van der Waals surface area (Å²) in [5.41, 5.74) is 0.777. The molecule has 1 heterocycles. The van der Waals surface area contributed by atoms with E-state index in [2.05, 4.69) is 41.5 Å². The highest BCUT2D eigenvalue weighted by Crippen LogP contribution is 2.48. The molecule has 3 aromatic carbocycles. The number of hydrogen-bond acceptors (Lipinski definition) is 9. The van der Waals surface area contributed by atoms with Crippen molar-refractivity contribution in [2.45, 2.75) is 38.4 Å². The third-order valence-corrected chi connectivity index (χ3v) is 8.71. The first kappa shape index (κ1) is 38.4. The first-order chi connectivity index (χ1) is 24.5. The van der Waals surface area contributed by atoms with Gasteiger partial charge in [-0.15, -0.1) is 0 Å². The predicted octanol–water partition coefficient (Wildman–Crippen LogP) is 7.13. The van der Waals surface area contributed by atoms with Crippen molar-refractivity contribution in [2.24, 2.45) is 5.41 Å². The van der Waals surface area contributed by atoms with Crippen LogP contribution in [0.3, 0.4) is 0 Å². The van der Waals surface area contributed by atoms with Gasteiger partial charge in [0.25, 0.3) is 5.91 Å². The van der Waals surface area contributed by atoms with Gasteiger partial charge >= 0.3 is 24.0 Å². The average molecular weight is 780 g/mol. The fraction of sp³-hybridized carbons (Fsp3) is 0.294. The van der Waals surface area contributed by atoms with Crippen molar-refractivity contribution in [3.8, 4) is 6.01 Å². The lowest BCUT2D eigenvalue weighted by Crippen LogP contribution is -2.44. The highest BCUT2D eigenvalue weighted by Gasteiger charge is 2.45. The Morgan fingerprint density at radius 2 is 1.42 bits per heavy atom. The largest absolute Gasteiger partial charge is 0.454 e. The number of carbonyl (C=O) groups excluding carboxylic acids is 3. The minimum atomic E-state index is -4.61. The predicted molar refractivity (Wildman–Crippen MR) is 191 cm³/mol. The molecule has 1 aliphatic carbocycles. The molecule has 5 N–H and O–H groups in total. The second-order valence-electron chi connectivity index (χ2n) is 12.7. The van der Waals surface area contributed by atoms with E-state index >= 15 is 0 Å². The maximum Gasteiger partial charge on any atom is 0.422 e. The van der Waals surface area contributed by atoms with E-state index in [0.717, 1.165) is 18.4 Å². The Kier molecular flexibility index (Phi) is 11.7. The molecular formula is C34H32Cl3F3N8O4. The molecule has 1 saturated carbocycles. The van der Waals surface area contributed by atoms with Crippen molar-refractivity contribution in [3.05, 3.63) is 92.9 Å². The second kappa shape index (κ2) is 15.8. The summed E-state index contributed by atoms with van der Waals surface area (Å²) < 4.78 is 43.6. The van der Waals surface area contributed by atoms with Crippen LogP contribution >= 0.6 is 34.8 Å². The summed E-state index contributed by atoms with van der Waals surface area (Å²) in [4.78, 5) is 50.0. The van der Waals surface area contributed by atoms with Crippen molar-refractivity contribution in [2.75, 3.05) is 35.6 Å². The maximum atomic E-state index is 12.9. The van der Waals surface area contributed by atoms with Crippen LogP contribution < -0.4 is 31.3 Å². The summed E-state index contributed by atoms with van der Waals surface area (Å²) in [6, 6.07) is 17.2. The standard InChI is InChI=1S/C34H32Cl3F3N8O4/c1-32(2,17-42-27(50)28(51)43-23-11-12-24(36)25(37)15-23)16-41-26(49)19-3-9-22(10-4-19)44-29-45-30(47-31(46-29)52-18-34(38,39)40)48-33(13-14-33)20-5-7-21(35)8-6-20/h3-12,15H,13-14,16-18H2,1-2H3,(H,41,49)(H,42,50)(H,43,51)(H2,44,45,46,47,48). The van der Waals surface area contributed by atoms with Crippen LogP contribution in [0.4, 0.5) is 36.4 Å². The Morgan fingerprint density at radius 1 is 0.788 bits per heavy atom. The van der Waals surface area contributed by atoms with Crippen molar-refractivity contribution in [1.29, 1.82) is 0 Å².